The molecule has 4 nitrogen and oxygen atoms in total. The van der Waals surface area contributed by atoms with Gasteiger partial charge in [0, 0.05) is 6.08 Å². The number of benzene rings is 1. The van der Waals surface area contributed by atoms with E-state index in [-0.39, 0.29) is 0 Å². The van der Waals surface area contributed by atoms with E-state index in [4.69, 9.17) is 14.6 Å². The van der Waals surface area contributed by atoms with Crippen molar-refractivity contribution in [2.75, 3.05) is 6.79 Å². The van der Waals surface area contributed by atoms with Crippen LogP contribution >= 0.6 is 0 Å². The van der Waals surface area contributed by atoms with E-state index in [0.29, 0.717) is 24.5 Å². The minimum atomic E-state index is -0.804. The molecule has 3 fully saturated rings. The molecule has 4 bridgehead atoms. The molecule has 0 unspecified atom stereocenters. The first-order valence-electron chi connectivity index (χ1n) is 11.7. The SMILES string of the molecule is O=C(O)/C=C/[C@H]1[C@H]2C=C[C@H]3[C@@H]1C[C@H]1[C@H](CCCCCc4ccc5c(c4)OCO5)[C@@H]2[C@@H]31. The topological polar surface area (TPSA) is 55.8 Å². The maximum Gasteiger partial charge on any atom is 0.327 e. The van der Waals surface area contributed by atoms with Crippen molar-refractivity contribution < 1.29 is 19.4 Å². The molecule has 5 aliphatic carbocycles. The minimum absolute atomic E-state index is 0.342. The van der Waals surface area contributed by atoms with Gasteiger partial charge >= 0.3 is 5.97 Å². The highest BCUT2D eigenvalue weighted by molar-refractivity contribution is 5.79. The van der Waals surface area contributed by atoms with Crippen LogP contribution < -0.4 is 9.47 Å². The number of hydrogen-bond acceptors (Lipinski definition) is 3. The zero-order valence-corrected chi connectivity index (χ0v) is 17.3. The van der Waals surface area contributed by atoms with Crippen molar-refractivity contribution in [3.05, 3.63) is 48.1 Å². The zero-order chi connectivity index (χ0) is 20.2. The molecule has 7 rings (SSSR count). The molecule has 0 radical (unpaired) electrons. The average Bonchev–Trinajstić information content (AvgIpc) is 3.28. The van der Waals surface area contributed by atoms with E-state index in [1.807, 2.05) is 12.1 Å². The Balaban J connectivity index is 1.03. The number of carbonyl (C=O) groups is 1. The van der Waals surface area contributed by atoms with Crippen molar-refractivity contribution >= 4 is 5.97 Å². The van der Waals surface area contributed by atoms with Crippen molar-refractivity contribution in [3.63, 3.8) is 0 Å². The zero-order valence-electron chi connectivity index (χ0n) is 17.3. The second kappa shape index (κ2) is 7.18. The molecule has 0 spiro atoms. The summed E-state index contributed by atoms with van der Waals surface area (Å²) >= 11 is 0. The second-order valence-corrected chi connectivity index (χ2v) is 9.98. The number of ether oxygens (including phenoxy) is 2. The summed E-state index contributed by atoms with van der Waals surface area (Å²) in [5.41, 5.74) is 1.34. The van der Waals surface area contributed by atoms with Crippen LogP contribution in [0.1, 0.15) is 37.7 Å². The Morgan fingerprint density at radius 3 is 2.80 bits per heavy atom. The maximum atomic E-state index is 11.1. The van der Waals surface area contributed by atoms with Crippen molar-refractivity contribution in [2.24, 2.45) is 47.3 Å². The Labute approximate surface area is 178 Å². The van der Waals surface area contributed by atoms with Gasteiger partial charge < -0.3 is 14.6 Å². The molecule has 1 aromatic rings. The summed E-state index contributed by atoms with van der Waals surface area (Å²) in [6.45, 7) is 0.342. The first-order chi connectivity index (χ1) is 14.7. The van der Waals surface area contributed by atoms with Gasteiger partial charge in [0.1, 0.15) is 0 Å². The fourth-order valence-corrected chi connectivity index (χ4v) is 7.76. The Bertz CT molecular complexity index is 902. The van der Waals surface area contributed by atoms with Crippen molar-refractivity contribution in [2.45, 2.75) is 38.5 Å². The number of carboxylic acids is 1. The molecular formula is C26H30O4. The predicted octanol–water partition coefficient (Wildman–Crippen LogP) is 5.09. The molecule has 158 valence electrons. The normalized spacial score (nSPS) is 38.9. The van der Waals surface area contributed by atoms with Gasteiger partial charge in [0.05, 0.1) is 0 Å². The van der Waals surface area contributed by atoms with E-state index in [2.05, 4.69) is 24.3 Å². The van der Waals surface area contributed by atoms with Crippen LogP contribution in [0.2, 0.25) is 0 Å². The quantitative estimate of drug-likeness (QED) is 0.371. The van der Waals surface area contributed by atoms with Gasteiger partial charge in [0.25, 0.3) is 0 Å². The highest BCUT2D eigenvalue weighted by Gasteiger charge is 2.67. The van der Waals surface area contributed by atoms with Crippen LogP contribution in [0.3, 0.4) is 0 Å². The number of rotatable bonds is 8. The summed E-state index contributed by atoms with van der Waals surface area (Å²) in [6.07, 6.45) is 15.9. The lowest BCUT2D eigenvalue weighted by atomic mass is 9.45. The van der Waals surface area contributed by atoms with Crippen LogP contribution in [0, 0.1) is 47.3 Å². The van der Waals surface area contributed by atoms with Gasteiger partial charge in [-0.05, 0) is 90.7 Å². The molecule has 0 saturated heterocycles. The largest absolute Gasteiger partial charge is 0.478 e. The predicted molar refractivity (Wildman–Crippen MR) is 113 cm³/mol. The van der Waals surface area contributed by atoms with Gasteiger partial charge in [-0.2, -0.15) is 0 Å². The van der Waals surface area contributed by atoms with E-state index < -0.39 is 5.97 Å². The molecule has 6 aliphatic rings. The molecule has 0 amide bonds. The van der Waals surface area contributed by atoms with E-state index >= 15 is 0 Å². The van der Waals surface area contributed by atoms with Crippen LogP contribution in [0.4, 0.5) is 0 Å². The summed E-state index contributed by atoms with van der Waals surface area (Å²) in [5.74, 6) is 6.87. The fraction of sp³-hybridized carbons (Fsp3) is 0.577. The molecule has 1 N–H and O–H groups in total. The number of aliphatic carboxylic acids is 1. The van der Waals surface area contributed by atoms with Crippen LogP contribution in [0.15, 0.2) is 42.5 Å². The second-order valence-electron chi connectivity index (χ2n) is 9.98. The Morgan fingerprint density at radius 1 is 1.03 bits per heavy atom. The molecule has 1 aliphatic heterocycles. The average molecular weight is 407 g/mol. The van der Waals surface area contributed by atoms with Crippen molar-refractivity contribution in [1.29, 1.82) is 0 Å². The Kier molecular flexibility index (Phi) is 4.43. The summed E-state index contributed by atoms with van der Waals surface area (Å²) in [7, 11) is 0. The molecular weight excluding hydrogens is 376 g/mol. The van der Waals surface area contributed by atoms with Crippen LogP contribution in [-0.4, -0.2) is 17.9 Å². The van der Waals surface area contributed by atoms with Crippen LogP contribution in [-0.2, 0) is 11.2 Å². The molecule has 1 heterocycles. The standard InChI is InChI=1S/C26H30O4/c27-24(28)11-9-16-18-7-8-19-20(16)13-21-17(25(18)26(19)21)5-3-1-2-4-15-6-10-22-23(12-15)30-14-29-22/h6-12,16-21,25-26H,1-5,13-14H2,(H,27,28)/b11-9+/t16-,17-,18+,19-,20+,21-,25-,26-/m0/s1. The smallest absolute Gasteiger partial charge is 0.327 e. The molecule has 3 saturated carbocycles. The first kappa shape index (κ1) is 18.5. The first-order valence-corrected chi connectivity index (χ1v) is 11.7. The number of hydrogen-bond donors (Lipinski definition) is 1. The monoisotopic (exact) mass is 406 g/mol. The van der Waals surface area contributed by atoms with E-state index in [1.165, 1.54) is 43.7 Å². The van der Waals surface area contributed by atoms with Gasteiger partial charge in [-0.25, -0.2) is 4.79 Å². The number of unbranched alkanes of at least 4 members (excludes halogenated alkanes) is 2. The Morgan fingerprint density at radius 2 is 1.90 bits per heavy atom. The lowest BCUT2D eigenvalue weighted by Crippen LogP contribution is -2.55. The van der Waals surface area contributed by atoms with Gasteiger partial charge in [0.15, 0.2) is 11.5 Å². The molecule has 4 heteroatoms. The molecule has 8 atom stereocenters. The lowest BCUT2D eigenvalue weighted by molar-refractivity contribution is -0.131. The van der Waals surface area contributed by atoms with Crippen molar-refractivity contribution in [1.82, 2.24) is 0 Å². The maximum absolute atomic E-state index is 11.1. The number of aryl methyl sites for hydroxylation is 1. The van der Waals surface area contributed by atoms with E-state index in [1.54, 1.807) is 0 Å². The highest BCUT2D eigenvalue weighted by atomic mass is 16.7. The van der Waals surface area contributed by atoms with Gasteiger partial charge in [-0.15, -0.1) is 0 Å². The summed E-state index contributed by atoms with van der Waals surface area (Å²) in [5, 5.41) is 9.09. The summed E-state index contributed by atoms with van der Waals surface area (Å²) in [4.78, 5) is 11.1. The van der Waals surface area contributed by atoms with Crippen LogP contribution in [0.5, 0.6) is 11.5 Å². The van der Waals surface area contributed by atoms with Crippen LogP contribution in [0.25, 0.3) is 0 Å². The lowest BCUT2D eigenvalue weighted by Gasteiger charge is -2.59. The van der Waals surface area contributed by atoms with Gasteiger partial charge in [-0.3, -0.25) is 0 Å². The fourth-order valence-electron chi connectivity index (χ4n) is 7.76. The van der Waals surface area contributed by atoms with Crippen molar-refractivity contribution in [3.8, 4) is 11.5 Å². The summed E-state index contributed by atoms with van der Waals surface area (Å²) in [6, 6.07) is 6.32. The van der Waals surface area contributed by atoms with E-state index in [9.17, 15) is 4.79 Å². The minimum Gasteiger partial charge on any atom is -0.478 e. The number of carboxylic acid groups (broad SMARTS) is 1. The molecule has 0 aromatic heterocycles. The number of fused-ring (bicyclic) bond motifs is 1. The third kappa shape index (κ3) is 2.83. The molecule has 30 heavy (non-hydrogen) atoms. The third-order valence-corrected chi connectivity index (χ3v) is 8.81. The van der Waals surface area contributed by atoms with Gasteiger partial charge in [0.2, 0.25) is 6.79 Å². The third-order valence-electron chi connectivity index (χ3n) is 8.81. The molecule has 1 aromatic carbocycles. The van der Waals surface area contributed by atoms with E-state index in [0.717, 1.165) is 47.5 Å². The van der Waals surface area contributed by atoms with Gasteiger partial charge in [-0.1, -0.05) is 37.1 Å². The summed E-state index contributed by atoms with van der Waals surface area (Å²) < 4.78 is 10.9. The highest BCUT2D eigenvalue weighted by Crippen LogP contribution is 2.72. The Hall–Kier alpha value is -2.23. The number of allylic oxidation sites excluding steroid dienone is 3.